The predicted molar refractivity (Wildman–Crippen MR) is 62.7 cm³/mol. The lowest BCUT2D eigenvalue weighted by Gasteiger charge is -2.35. The first kappa shape index (κ1) is 13.8. The molecular weight excluding hydrogens is 210 g/mol. The molecule has 0 heterocycles. The molecule has 1 rings (SSSR count). The summed E-state index contributed by atoms with van der Waals surface area (Å²) in [4.78, 5) is 1.74. The van der Waals surface area contributed by atoms with Crippen LogP contribution in [0.2, 0.25) is 0 Å². The first-order valence-corrected chi connectivity index (χ1v) is 6.25. The standard InChI is InChI=1S/C12H24F2N2/c1-16(8-11(13)14)10-12(9-15)6-4-2-3-5-7-12/h11H,2-10,15H2,1H3. The van der Waals surface area contributed by atoms with Crippen LogP contribution in [0.1, 0.15) is 38.5 Å². The molecule has 2 N–H and O–H groups in total. The quantitative estimate of drug-likeness (QED) is 0.740. The van der Waals surface area contributed by atoms with Gasteiger partial charge < -0.3 is 10.6 Å². The monoisotopic (exact) mass is 234 g/mol. The number of halogens is 2. The van der Waals surface area contributed by atoms with Crippen molar-refractivity contribution in [2.75, 3.05) is 26.7 Å². The Balaban J connectivity index is 2.50. The molecule has 4 heteroatoms. The van der Waals surface area contributed by atoms with Crippen molar-refractivity contribution in [3.8, 4) is 0 Å². The molecule has 0 aromatic heterocycles. The Morgan fingerprint density at radius 2 is 1.75 bits per heavy atom. The summed E-state index contributed by atoms with van der Waals surface area (Å²) in [6.07, 6.45) is 4.86. The summed E-state index contributed by atoms with van der Waals surface area (Å²) in [5.41, 5.74) is 5.96. The molecular formula is C12H24F2N2. The number of hydrogen-bond acceptors (Lipinski definition) is 2. The predicted octanol–water partition coefficient (Wildman–Crippen LogP) is 2.48. The average Bonchev–Trinajstić information content (AvgIpc) is 2.43. The minimum absolute atomic E-state index is 0.0835. The van der Waals surface area contributed by atoms with Gasteiger partial charge in [0.05, 0.1) is 6.54 Å². The molecule has 1 fully saturated rings. The highest BCUT2D eigenvalue weighted by Crippen LogP contribution is 2.34. The molecule has 1 saturated carbocycles. The number of alkyl halides is 2. The minimum atomic E-state index is -2.24. The third-order valence-corrected chi connectivity index (χ3v) is 3.65. The summed E-state index contributed by atoms with van der Waals surface area (Å²) in [5.74, 6) is 0. The summed E-state index contributed by atoms with van der Waals surface area (Å²) in [7, 11) is 1.77. The van der Waals surface area contributed by atoms with Crippen molar-refractivity contribution in [3.63, 3.8) is 0 Å². The van der Waals surface area contributed by atoms with Gasteiger partial charge in [0.1, 0.15) is 0 Å². The van der Waals surface area contributed by atoms with E-state index in [1.165, 1.54) is 25.7 Å². The molecule has 0 saturated heterocycles. The van der Waals surface area contributed by atoms with Crippen molar-refractivity contribution in [3.05, 3.63) is 0 Å². The summed E-state index contributed by atoms with van der Waals surface area (Å²) in [6, 6.07) is 0. The molecule has 0 aliphatic heterocycles. The van der Waals surface area contributed by atoms with Gasteiger partial charge in [-0.3, -0.25) is 0 Å². The van der Waals surface area contributed by atoms with Crippen LogP contribution in [-0.4, -0.2) is 38.0 Å². The number of hydrogen-bond donors (Lipinski definition) is 1. The van der Waals surface area contributed by atoms with Crippen LogP contribution in [-0.2, 0) is 0 Å². The Bertz CT molecular complexity index is 189. The number of rotatable bonds is 5. The molecule has 0 radical (unpaired) electrons. The second kappa shape index (κ2) is 6.50. The van der Waals surface area contributed by atoms with Crippen molar-refractivity contribution in [2.45, 2.75) is 45.0 Å². The van der Waals surface area contributed by atoms with Crippen molar-refractivity contribution < 1.29 is 8.78 Å². The van der Waals surface area contributed by atoms with Gasteiger partial charge in [-0.2, -0.15) is 0 Å². The topological polar surface area (TPSA) is 29.3 Å². The third kappa shape index (κ3) is 4.34. The average molecular weight is 234 g/mol. The van der Waals surface area contributed by atoms with E-state index in [0.717, 1.165) is 12.8 Å². The maximum Gasteiger partial charge on any atom is 0.251 e. The summed E-state index contributed by atoms with van der Waals surface area (Å²) in [6.45, 7) is 1.20. The molecule has 96 valence electrons. The second-order valence-corrected chi connectivity index (χ2v) is 5.21. The zero-order valence-electron chi connectivity index (χ0n) is 10.2. The molecule has 2 nitrogen and oxygen atoms in total. The van der Waals surface area contributed by atoms with Crippen molar-refractivity contribution in [1.82, 2.24) is 4.90 Å². The van der Waals surface area contributed by atoms with Crippen LogP contribution in [0.15, 0.2) is 0 Å². The number of nitrogens with two attached hydrogens (primary N) is 1. The smallest absolute Gasteiger partial charge is 0.251 e. The maximum absolute atomic E-state index is 12.3. The van der Waals surface area contributed by atoms with E-state index in [1.54, 1.807) is 11.9 Å². The summed E-state index contributed by atoms with van der Waals surface area (Å²) in [5, 5.41) is 0. The molecule has 0 unspecified atom stereocenters. The first-order valence-electron chi connectivity index (χ1n) is 6.25. The van der Waals surface area contributed by atoms with Crippen molar-refractivity contribution in [2.24, 2.45) is 11.1 Å². The van der Waals surface area contributed by atoms with E-state index in [-0.39, 0.29) is 12.0 Å². The van der Waals surface area contributed by atoms with Crippen LogP contribution < -0.4 is 5.73 Å². The van der Waals surface area contributed by atoms with Crippen LogP contribution in [0.5, 0.6) is 0 Å². The van der Waals surface area contributed by atoms with Gasteiger partial charge >= 0.3 is 0 Å². The van der Waals surface area contributed by atoms with Gasteiger partial charge in [-0.05, 0) is 31.8 Å². The lowest BCUT2D eigenvalue weighted by molar-refractivity contribution is 0.0716. The Morgan fingerprint density at radius 1 is 1.19 bits per heavy atom. The largest absolute Gasteiger partial charge is 0.330 e. The SMILES string of the molecule is CN(CC(F)F)CC1(CN)CCCCCC1. The molecule has 0 spiro atoms. The Labute approximate surface area is 97.2 Å². The Morgan fingerprint density at radius 3 is 2.19 bits per heavy atom. The van der Waals surface area contributed by atoms with Crippen LogP contribution >= 0.6 is 0 Å². The minimum Gasteiger partial charge on any atom is -0.330 e. The molecule has 0 amide bonds. The molecule has 1 aliphatic carbocycles. The van der Waals surface area contributed by atoms with E-state index >= 15 is 0 Å². The lowest BCUT2D eigenvalue weighted by atomic mass is 9.80. The molecule has 0 bridgehead atoms. The molecule has 0 aromatic carbocycles. The van der Waals surface area contributed by atoms with Crippen molar-refractivity contribution in [1.29, 1.82) is 0 Å². The number of nitrogens with zero attached hydrogens (tertiary/aromatic N) is 1. The fourth-order valence-electron chi connectivity index (χ4n) is 2.78. The van der Waals surface area contributed by atoms with Crippen LogP contribution in [0.3, 0.4) is 0 Å². The van der Waals surface area contributed by atoms with Gasteiger partial charge in [0.2, 0.25) is 0 Å². The molecule has 1 aliphatic rings. The fraction of sp³-hybridized carbons (Fsp3) is 1.00. The summed E-state index contributed by atoms with van der Waals surface area (Å²) >= 11 is 0. The highest BCUT2D eigenvalue weighted by atomic mass is 19.3. The summed E-state index contributed by atoms with van der Waals surface area (Å²) < 4.78 is 24.6. The van der Waals surface area contributed by atoms with Crippen LogP contribution in [0, 0.1) is 5.41 Å². The van der Waals surface area contributed by atoms with Crippen molar-refractivity contribution >= 4 is 0 Å². The molecule has 0 atom stereocenters. The van der Waals surface area contributed by atoms with E-state index in [4.69, 9.17) is 5.73 Å². The van der Waals surface area contributed by atoms with Crippen LogP contribution in [0.25, 0.3) is 0 Å². The normalized spacial score (nSPS) is 21.4. The Kier molecular flexibility index (Phi) is 5.62. The van der Waals surface area contributed by atoms with Gasteiger partial charge in [0.15, 0.2) is 0 Å². The zero-order chi connectivity index (χ0) is 12.0. The van der Waals surface area contributed by atoms with Gasteiger partial charge in [0.25, 0.3) is 6.43 Å². The van der Waals surface area contributed by atoms with E-state index in [9.17, 15) is 8.78 Å². The van der Waals surface area contributed by atoms with Crippen LogP contribution in [0.4, 0.5) is 8.78 Å². The molecule has 0 aromatic rings. The Hall–Kier alpha value is -0.220. The fourth-order valence-corrected chi connectivity index (χ4v) is 2.78. The van der Waals surface area contributed by atoms with E-state index in [2.05, 4.69) is 0 Å². The zero-order valence-corrected chi connectivity index (χ0v) is 10.2. The first-order chi connectivity index (χ1) is 7.58. The maximum atomic E-state index is 12.3. The highest BCUT2D eigenvalue weighted by molar-refractivity contribution is 4.85. The third-order valence-electron chi connectivity index (χ3n) is 3.65. The lowest BCUT2D eigenvalue weighted by Crippen LogP contribution is -2.42. The van der Waals surface area contributed by atoms with Gasteiger partial charge in [-0.1, -0.05) is 25.7 Å². The van der Waals surface area contributed by atoms with E-state index < -0.39 is 6.43 Å². The van der Waals surface area contributed by atoms with Gasteiger partial charge in [-0.25, -0.2) is 8.78 Å². The second-order valence-electron chi connectivity index (χ2n) is 5.21. The van der Waals surface area contributed by atoms with Gasteiger partial charge in [-0.15, -0.1) is 0 Å². The highest BCUT2D eigenvalue weighted by Gasteiger charge is 2.31. The van der Waals surface area contributed by atoms with Gasteiger partial charge in [0, 0.05) is 6.54 Å². The van der Waals surface area contributed by atoms with E-state index in [1.807, 2.05) is 0 Å². The molecule has 16 heavy (non-hydrogen) atoms. The van der Waals surface area contributed by atoms with E-state index in [0.29, 0.717) is 13.1 Å².